The Hall–Kier alpha value is -3.08. The highest BCUT2D eigenvalue weighted by Gasteiger charge is 2.10. The van der Waals surface area contributed by atoms with Crippen molar-refractivity contribution in [3.8, 4) is 0 Å². The number of fused-ring (bicyclic) bond motifs is 1. The van der Waals surface area contributed by atoms with E-state index in [1.54, 1.807) is 36.6 Å². The zero-order valence-electron chi connectivity index (χ0n) is 12.4. The van der Waals surface area contributed by atoms with Crippen molar-refractivity contribution in [3.63, 3.8) is 0 Å². The Kier molecular flexibility index (Phi) is 4.10. The van der Waals surface area contributed by atoms with Crippen LogP contribution in [0.25, 0.3) is 11.0 Å². The summed E-state index contributed by atoms with van der Waals surface area (Å²) in [6.07, 6.45) is 2.25. The van der Waals surface area contributed by atoms with Gasteiger partial charge in [0, 0.05) is 23.1 Å². The van der Waals surface area contributed by atoms with Gasteiger partial charge in [0.15, 0.2) is 0 Å². The predicted octanol–water partition coefficient (Wildman–Crippen LogP) is 2.50. The standard InChI is InChI=1S/C18H16N2O3/c19-17(21)13-6-7-16-15(10-13)14(11-23-16)8-9-20-18(22)12-4-2-1-3-5-12/h1-7,10-11H,8-9H2,(H2,19,21)(H,20,22). The fraction of sp³-hybridized carbons (Fsp3) is 0.111. The van der Waals surface area contributed by atoms with Crippen LogP contribution in [0, 0.1) is 0 Å². The van der Waals surface area contributed by atoms with Crippen molar-refractivity contribution in [2.24, 2.45) is 5.73 Å². The van der Waals surface area contributed by atoms with Gasteiger partial charge in [-0.15, -0.1) is 0 Å². The number of hydrogen-bond donors (Lipinski definition) is 2. The lowest BCUT2D eigenvalue weighted by molar-refractivity contribution is 0.0952. The molecule has 0 spiro atoms. The molecule has 3 aromatic rings. The summed E-state index contributed by atoms with van der Waals surface area (Å²) in [7, 11) is 0. The smallest absolute Gasteiger partial charge is 0.251 e. The van der Waals surface area contributed by atoms with Crippen molar-refractivity contribution >= 4 is 22.8 Å². The van der Waals surface area contributed by atoms with E-state index in [4.69, 9.17) is 10.2 Å². The van der Waals surface area contributed by atoms with E-state index in [1.807, 2.05) is 18.2 Å². The molecule has 0 aliphatic heterocycles. The minimum Gasteiger partial charge on any atom is -0.464 e. The number of rotatable bonds is 5. The topological polar surface area (TPSA) is 85.3 Å². The molecule has 1 aromatic heterocycles. The minimum absolute atomic E-state index is 0.115. The van der Waals surface area contributed by atoms with E-state index in [1.165, 1.54) is 0 Å². The fourth-order valence-electron chi connectivity index (χ4n) is 2.43. The molecule has 0 fully saturated rings. The van der Waals surface area contributed by atoms with Crippen molar-refractivity contribution in [1.29, 1.82) is 0 Å². The van der Waals surface area contributed by atoms with E-state index in [-0.39, 0.29) is 5.91 Å². The highest BCUT2D eigenvalue weighted by molar-refractivity contribution is 5.97. The normalized spacial score (nSPS) is 10.6. The molecule has 5 nitrogen and oxygen atoms in total. The van der Waals surface area contributed by atoms with Crippen molar-refractivity contribution in [3.05, 3.63) is 71.5 Å². The summed E-state index contributed by atoms with van der Waals surface area (Å²) >= 11 is 0. The first-order chi connectivity index (χ1) is 11.1. The van der Waals surface area contributed by atoms with Crippen LogP contribution in [-0.4, -0.2) is 18.4 Å². The Balaban J connectivity index is 1.69. The average Bonchev–Trinajstić information content (AvgIpc) is 2.98. The van der Waals surface area contributed by atoms with Gasteiger partial charge in [0.1, 0.15) is 5.58 Å². The summed E-state index contributed by atoms with van der Waals surface area (Å²) in [5.41, 5.74) is 7.99. The number of nitrogens with one attached hydrogen (secondary N) is 1. The molecule has 3 rings (SSSR count). The van der Waals surface area contributed by atoms with Gasteiger partial charge in [-0.05, 0) is 42.3 Å². The molecule has 3 N–H and O–H groups in total. The van der Waals surface area contributed by atoms with Crippen LogP contribution in [0.1, 0.15) is 26.3 Å². The van der Waals surface area contributed by atoms with Gasteiger partial charge < -0.3 is 15.5 Å². The average molecular weight is 308 g/mol. The minimum atomic E-state index is -0.476. The van der Waals surface area contributed by atoms with E-state index in [0.29, 0.717) is 29.7 Å². The number of carbonyl (C=O) groups is 2. The van der Waals surface area contributed by atoms with Gasteiger partial charge in [0.25, 0.3) is 5.91 Å². The number of carbonyl (C=O) groups excluding carboxylic acids is 2. The zero-order valence-corrected chi connectivity index (χ0v) is 12.4. The second-order valence-corrected chi connectivity index (χ2v) is 5.21. The Morgan fingerprint density at radius 1 is 1.04 bits per heavy atom. The Morgan fingerprint density at radius 2 is 1.83 bits per heavy atom. The van der Waals surface area contributed by atoms with Crippen molar-refractivity contribution in [2.45, 2.75) is 6.42 Å². The molecule has 1 heterocycles. The maximum atomic E-state index is 12.0. The van der Waals surface area contributed by atoms with E-state index >= 15 is 0 Å². The molecule has 116 valence electrons. The summed E-state index contributed by atoms with van der Waals surface area (Å²) in [4.78, 5) is 23.3. The predicted molar refractivity (Wildman–Crippen MR) is 87.2 cm³/mol. The van der Waals surface area contributed by atoms with Gasteiger partial charge in [-0.3, -0.25) is 9.59 Å². The highest BCUT2D eigenvalue weighted by Crippen LogP contribution is 2.22. The second kappa shape index (κ2) is 6.36. The first kappa shape index (κ1) is 14.8. The summed E-state index contributed by atoms with van der Waals surface area (Å²) in [6.45, 7) is 0.475. The van der Waals surface area contributed by atoms with Gasteiger partial charge >= 0.3 is 0 Å². The van der Waals surface area contributed by atoms with Crippen LogP contribution < -0.4 is 11.1 Å². The molecule has 0 bridgehead atoms. The molecule has 0 unspecified atom stereocenters. The van der Waals surface area contributed by atoms with Gasteiger partial charge in [-0.2, -0.15) is 0 Å². The Labute approximate surface area is 133 Å². The SMILES string of the molecule is NC(=O)c1ccc2occ(CCNC(=O)c3ccccc3)c2c1. The monoisotopic (exact) mass is 308 g/mol. The molecule has 5 heteroatoms. The number of primary amides is 1. The van der Waals surface area contributed by atoms with Crippen LogP contribution in [0.15, 0.2) is 59.2 Å². The van der Waals surface area contributed by atoms with Crippen LogP contribution in [0.3, 0.4) is 0 Å². The highest BCUT2D eigenvalue weighted by atomic mass is 16.3. The Bertz CT molecular complexity index is 853. The van der Waals surface area contributed by atoms with Gasteiger partial charge in [-0.1, -0.05) is 18.2 Å². The van der Waals surface area contributed by atoms with Crippen LogP contribution in [0.2, 0.25) is 0 Å². The molecule has 0 atom stereocenters. The van der Waals surface area contributed by atoms with Gasteiger partial charge in [0.2, 0.25) is 5.91 Å². The Morgan fingerprint density at radius 3 is 2.57 bits per heavy atom. The molecule has 0 radical (unpaired) electrons. The molecule has 0 saturated heterocycles. The first-order valence-electron chi connectivity index (χ1n) is 7.28. The molecule has 2 aromatic carbocycles. The molecule has 0 aliphatic carbocycles. The van der Waals surface area contributed by atoms with E-state index in [2.05, 4.69) is 5.32 Å². The summed E-state index contributed by atoms with van der Waals surface area (Å²) in [5, 5.41) is 3.71. The summed E-state index contributed by atoms with van der Waals surface area (Å²) in [6, 6.07) is 14.1. The van der Waals surface area contributed by atoms with E-state index < -0.39 is 5.91 Å². The molecule has 2 amide bonds. The van der Waals surface area contributed by atoms with Crippen LogP contribution in [0.5, 0.6) is 0 Å². The molecule has 0 saturated carbocycles. The first-order valence-corrected chi connectivity index (χ1v) is 7.28. The van der Waals surface area contributed by atoms with Gasteiger partial charge in [-0.25, -0.2) is 0 Å². The third kappa shape index (κ3) is 3.23. The van der Waals surface area contributed by atoms with Crippen LogP contribution in [0.4, 0.5) is 0 Å². The third-order valence-electron chi connectivity index (χ3n) is 3.65. The number of furan rings is 1. The fourth-order valence-corrected chi connectivity index (χ4v) is 2.43. The lowest BCUT2D eigenvalue weighted by Gasteiger charge is -2.04. The molecular formula is C18H16N2O3. The maximum absolute atomic E-state index is 12.0. The molecular weight excluding hydrogens is 292 g/mol. The zero-order chi connectivity index (χ0) is 16.2. The maximum Gasteiger partial charge on any atom is 0.251 e. The van der Waals surface area contributed by atoms with Crippen molar-refractivity contribution in [1.82, 2.24) is 5.32 Å². The third-order valence-corrected chi connectivity index (χ3v) is 3.65. The number of hydrogen-bond acceptors (Lipinski definition) is 3. The van der Waals surface area contributed by atoms with E-state index in [0.717, 1.165) is 10.9 Å². The van der Waals surface area contributed by atoms with Gasteiger partial charge in [0.05, 0.1) is 6.26 Å². The van der Waals surface area contributed by atoms with Crippen LogP contribution >= 0.6 is 0 Å². The number of amides is 2. The van der Waals surface area contributed by atoms with E-state index in [9.17, 15) is 9.59 Å². The largest absolute Gasteiger partial charge is 0.464 e. The molecule has 0 aliphatic rings. The molecule has 23 heavy (non-hydrogen) atoms. The second-order valence-electron chi connectivity index (χ2n) is 5.21. The van der Waals surface area contributed by atoms with Crippen LogP contribution in [-0.2, 0) is 6.42 Å². The lowest BCUT2D eigenvalue weighted by atomic mass is 10.1. The summed E-state index contributed by atoms with van der Waals surface area (Å²) in [5.74, 6) is -0.590. The lowest BCUT2D eigenvalue weighted by Crippen LogP contribution is -2.25. The summed E-state index contributed by atoms with van der Waals surface area (Å²) < 4.78 is 5.46. The number of nitrogens with two attached hydrogens (primary N) is 1. The quantitative estimate of drug-likeness (QED) is 0.759. The van der Waals surface area contributed by atoms with Crippen molar-refractivity contribution < 1.29 is 14.0 Å². The van der Waals surface area contributed by atoms with Crippen molar-refractivity contribution in [2.75, 3.05) is 6.54 Å². The number of benzene rings is 2.